The molecule has 1 aliphatic heterocycles. The molecule has 1 amide bonds. The molecule has 0 radical (unpaired) electrons. The van der Waals surface area contributed by atoms with Crippen LogP contribution in [0, 0.1) is 0 Å². The number of halogens is 1. The van der Waals surface area contributed by atoms with Crippen LogP contribution in [-0.2, 0) is 6.54 Å². The van der Waals surface area contributed by atoms with Crippen molar-refractivity contribution in [3.05, 3.63) is 59.9 Å². The van der Waals surface area contributed by atoms with Crippen LogP contribution in [0.15, 0.2) is 48.7 Å². The molecule has 1 unspecified atom stereocenters. The standard InChI is InChI=1S/C21H24N4O2.ClH/c1-27-19-7-6-16-11-15(4-5-17(16)12-19)13-23-21(26)20-8-10-25(24-20)18-3-2-9-22-14-18;/h4-8,10-12,18,22H,2-3,9,13-14H2,1H3,(H,23,26);1H. The van der Waals surface area contributed by atoms with Crippen LogP contribution in [0.2, 0.25) is 0 Å². The number of benzene rings is 2. The number of hydrogen-bond acceptors (Lipinski definition) is 4. The van der Waals surface area contributed by atoms with Crippen molar-refractivity contribution in [2.24, 2.45) is 0 Å². The number of nitrogens with zero attached hydrogens (tertiary/aromatic N) is 2. The Labute approximate surface area is 170 Å². The fourth-order valence-electron chi connectivity index (χ4n) is 3.50. The highest BCUT2D eigenvalue weighted by Crippen LogP contribution is 2.22. The Balaban J connectivity index is 0.00000225. The van der Waals surface area contributed by atoms with Crippen molar-refractivity contribution < 1.29 is 9.53 Å². The van der Waals surface area contributed by atoms with E-state index in [1.165, 1.54) is 0 Å². The SMILES string of the molecule is COc1ccc2cc(CNC(=O)c3ccn(C4CCCNC4)n3)ccc2c1.Cl. The van der Waals surface area contributed by atoms with Gasteiger partial charge in [0.2, 0.25) is 0 Å². The van der Waals surface area contributed by atoms with Crippen molar-refractivity contribution in [3.63, 3.8) is 0 Å². The lowest BCUT2D eigenvalue weighted by molar-refractivity contribution is 0.0944. The van der Waals surface area contributed by atoms with E-state index < -0.39 is 0 Å². The molecular formula is C21H25ClN4O2. The molecule has 1 aliphatic rings. The number of fused-ring (bicyclic) bond motifs is 1. The predicted molar refractivity (Wildman–Crippen MR) is 112 cm³/mol. The van der Waals surface area contributed by atoms with Crippen molar-refractivity contribution in [3.8, 4) is 5.75 Å². The van der Waals surface area contributed by atoms with Crippen LogP contribution in [0.1, 0.15) is 34.9 Å². The molecule has 1 fully saturated rings. The molecule has 148 valence electrons. The number of amides is 1. The molecule has 0 aliphatic carbocycles. The van der Waals surface area contributed by atoms with Crippen molar-refractivity contribution in [2.75, 3.05) is 20.2 Å². The molecule has 0 spiro atoms. The lowest BCUT2D eigenvalue weighted by Gasteiger charge is -2.22. The normalized spacial score (nSPS) is 16.4. The van der Waals surface area contributed by atoms with Gasteiger partial charge in [0.15, 0.2) is 0 Å². The fraction of sp³-hybridized carbons (Fsp3) is 0.333. The second-order valence-corrected chi connectivity index (χ2v) is 6.91. The van der Waals surface area contributed by atoms with Crippen LogP contribution >= 0.6 is 12.4 Å². The van der Waals surface area contributed by atoms with Gasteiger partial charge in [-0.25, -0.2) is 0 Å². The van der Waals surface area contributed by atoms with Gasteiger partial charge in [0.25, 0.3) is 5.91 Å². The Bertz CT molecular complexity index is 950. The Hall–Kier alpha value is -2.57. The summed E-state index contributed by atoms with van der Waals surface area (Å²) in [7, 11) is 1.66. The Morgan fingerprint density at radius 3 is 2.86 bits per heavy atom. The zero-order valence-electron chi connectivity index (χ0n) is 15.9. The Morgan fingerprint density at radius 2 is 2.07 bits per heavy atom. The number of hydrogen-bond donors (Lipinski definition) is 2. The van der Waals surface area contributed by atoms with E-state index in [0.717, 1.165) is 48.0 Å². The summed E-state index contributed by atoms with van der Waals surface area (Å²) in [6.07, 6.45) is 4.13. The topological polar surface area (TPSA) is 68.2 Å². The molecule has 2 N–H and O–H groups in total. The van der Waals surface area contributed by atoms with Crippen molar-refractivity contribution in [1.82, 2.24) is 20.4 Å². The average Bonchev–Trinajstić information content (AvgIpc) is 3.22. The van der Waals surface area contributed by atoms with E-state index >= 15 is 0 Å². The van der Waals surface area contributed by atoms with Crippen LogP contribution in [0.5, 0.6) is 5.75 Å². The molecule has 28 heavy (non-hydrogen) atoms. The Morgan fingerprint density at radius 1 is 1.25 bits per heavy atom. The minimum Gasteiger partial charge on any atom is -0.497 e. The van der Waals surface area contributed by atoms with Crippen LogP contribution in [0.4, 0.5) is 0 Å². The van der Waals surface area contributed by atoms with E-state index in [4.69, 9.17) is 4.74 Å². The summed E-state index contributed by atoms with van der Waals surface area (Å²) in [6, 6.07) is 14.2. The molecule has 1 saturated heterocycles. The summed E-state index contributed by atoms with van der Waals surface area (Å²) in [6.45, 7) is 2.44. The summed E-state index contributed by atoms with van der Waals surface area (Å²) < 4.78 is 7.16. The van der Waals surface area contributed by atoms with Gasteiger partial charge in [-0.3, -0.25) is 9.48 Å². The molecule has 2 aromatic carbocycles. The number of carbonyl (C=O) groups is 1. The number of aromatic nitrogens is 2. The van der Waals surface area contributed by atoms with Gasteiger partial charge in [-0.05, 0) is 60.0 Å². The highest BCUT2D eigenvalue weighted by atomic mass is 35.5. The van der Waals surface area contributed by atoms with Crippen LogP contribution in [0.3, 0.4) is 0 Å². The van der Waals surface area contributed by atoms with E-state index in [0.29, 0.717) is 18.3 Å². The monoisotopic (exact) mass is 400 g/mol. The van der Waals surface area contributed by atoms with Crippen LogP contribution < -0.4 is 15.4 Å². The third-order valence-corrected chi connectivity index (χ3v) is 5.05. The third kappa shape index (κ3) is 4.46. The summed E-state index contributed by atoms with van der Waals surface area (Å²) in [4.78, 5) is 12.4. The highest BCUT2D eigenvalue weighted by molar-refractivity contribution is 5.92. The first-order chi connectivity index (χ1) is 13.2. The number of piperidine rings is 1. The molecular weight excluding hydrogens is 376 g/mol. The number of carbonyl (C=O) groups excluding carboxylic acids is 1. The zero-order chi connectivity index (χ0) is 18.6. The highest BCUT2D eigenvalue weighted by Gasteiger charge is 2.17. The van der Waals surface area contributed by atoms with Gasteiger partial charge in [0, 0.05) is 19.3 Å². The quantitative estimate of drug-likeness (QED) is 0.689. The van der Waals surface area contributed by atoms with E-state index in [1.54, 1.807) is 13.2 Å². The van der Waals surface area contributed by atoms with Crippen molar-refractivity contribution >= 4 is 29.1 Å². The summed E-state index contributed by atoms with van der Waals surface area (Å²) >= 11 is 0. The van der Waals surface area contributed by atoms with Gasteiger partial charge in [-0.15, -0.1) is 12.4 Å². The molecule has 3 aromatic rings. The molecule has 1 aromatic heterocycles. The van der Waals surface area contributed by atoms with Crippen molar-refractivity contribution in [1.29, 1.82) is 0 Å². The van der Waals surface area contributed by atoms with E-state index in [9.17, 15) is 4.79 Å². The molecule has 1 atom stereocenters. The maximum atomic E-state index is 12.4. The second kappa shape index (κ2) is 9.08. The first-order valence-corrected chi connectivity index (χ1v) is 9.34. The van der Waals surface area contributed by atoms with Crippen LogP contribution in [0.25, 0.3) is 10.8 Å². The minimum atomic E-state index is -0.146. The molecule has 0 bridgehead atoms. The molecule has 2 heterocycles. The van der Waals surface area contributed by atoms with Gasteiger partial charge in [0.1, 0.15) is 11.4 Å². The average molecular weight is 401 g/mol. The van der Waals surface area contributed by atoms with E-state index in [1.807, 2.05) is 41.2 Å². The van der Waals surface area contributed by atoms with Gasteiger partial charge < -0.3 is 15.4 Å². The third-order valence-electron chi connectivity index (χ3n) is 5.05. The van der Waals surface area contributed by atoms with Crippen molar-refractivity contribution in [2.45, 2.75) is 25.4 Å². The molecule has 7 heteroatoms. The maximum Gasteiger partial charge on any atom is 0.272 e. The molecule has 4 rings (SSSR count). The number of nitrogens with one attached hydrogen (secondary N) is 2. The predicted octanol–water partition coefficient (Wildman–Crippen LogP) is 3.32. The number of rotatable bonds is 5. The summed E-state index contributed by atoms with van der Waals surface area (Å²) in [5.74, 6) is 0.694. The van der Waals surface area contributed by atoms with Crippen LogP contribution in [-0.4, -0.2) is 35.9 Å². The first-order valence-electron chi connectivity index (χ1n) is 9.34. The maximum absolute atomic E-state index is 12.4. The van der Waals surface area contributed by atoms with Gasteiger partial charge in [0.05, 0.1) is 13.2 Å². The fourth-order valence-corrected chi connectivity index (χ4v) is 3.50. The Kier molecular flexibility index (Phi) is 6.54. The lowest BCUT2D eigenvalue weighted by Crippen LogP contribution is -2.32. The van der Waals surface area contributed by atoms with E-state index in [2.05, 4.69) is 21.8 Å². The van der Waals surface area contributed by atoms with Gasteiger partial charge in [-0.1, -0.05) is 18.2 Å². The van der Waals surface area contributed by atoms with Gasteiger partial charge >= 0.3 is 0 Å². The largest absolute Gasteiger partial charge is 0.497 e. The second-order valence-electron chi connectivity index (χ2n) is 6.91. The smallest absolute Gasteiger partial charge is 0.272 e. The molecule has 6 nitrogen and oxygen atoms in total. The number of ether oxygens (including phenoxy) is 1. The first kappa shape index (κ1) is 20.2. The van der Waals surface area contributed by atoms with E-state index in [-0.39, 0.29) is 18.3 Å². The molecule has 0 saturated carbocycles. The number of methoxy groups -OCH3 is 1. The lowest BCUT2D eigenvalue weighted by atomic mass is 10.1. The zero-order valence-corrected chi connectivity index (χ0v) is 16.7. The summed E-state index contributed by atoms with van der Waals surface area (Å²) in [5, 5.41) is 13.0. The minimum absolute atomic E-state index is 0. The summed E-state index contributed by atoms with van der Waals surface area (Å²) in [5.41, 5.74) is 1.52. The van der Waals surface area contributed by atoms with Gasteiger partial charge in [-0.2, -0.15) is 5.10 Å².